The van der Waals surface area contributed by atoms with Crippen molar-refractivity contribution in [3.05, 3.63) is 23.8 Å². The molecule has 1 aliphatic rings. The molecule has 22 heavy (non-hydrogen) atoms. The molecule has 0 unspecified atom stereocenters. The zero-order valence-corrected chi connectivity index (χ0v) is 14.4. The van der Waals surface area contributed by atoms with Gasteiger partial charge in [0.1, 0.15) is 5.75 Å². The maximum Gasteiger partial charge on any atom is 0.243 e. The average molecular weight is 326 g/mol. The molecule has 1 saturated heterocycles. The molecule has 6 heteroatoms. The largest absolute Gasteiger partial charge is 0.497 e. The van der Waals surface area contributed by atoms with Gasteiger partial charge in [-0.1, -0.05) is 6.92 Å². The Kier molecular flexibility index (Phi) is 5.83. The molecule has 1 aromatic carbocycles. The Bertz CT molecular complexity index is 593. The minimum Gasteiger partial charge on any atom is -0.497 e. The van der Waals surface area contributed by atoms with Crippen LogP contribution >= 0.6 is 0 Å². The highest BCUT2D eigenvalue weighted by atomic mass is 32.2. The Morgan fingerprint density at radius 2 is 2.00 bits per heavy atom. The van der Waals surface area contributed by atoms with Gasteiger partial charge in [0.25, 0.3) is 0 Å². The van der Waals surface area contributed by atoms with Gasteiger partial charge in [0, 0.05) is 13.1 Å². The maximum atomic E-state index is 12.8. The summed E-state index contributed by atoms with van der Waals surface area (Å²) in [5.74, 6) is 1.25. The van der Waals surface area contributed by atoms with Gasteiger partial charge in [0.15, 0.2) is 0 Å². The molecule has 0 amide bonds. The Morgan fingerprint density at radius 1 is 1.32 bits per heavy atom. The molecule has 0 aliphatic carbocycles. The highest BCUT2D eigenvalue weighted by Crippen LogP contribution is 2.27. The predicted molar refractivity (Wildman–Crippen MR) is 87.8 cm³/mol. The number of nitrogens with zero attached hydrogens (tertiary/aromatic N) is 1. The van der Waals surface area contributed by atoms with E-state index in [1.165, 1.54) is 0 Å². The Morgan fingerprint density at radius 3 is 2.55 bits per heavy atom. The van der Waals surface area contributed by atoms with Crippen molar-refractivity contribution in [1.82, 2.24) is 9.62 Å². The number of methoxy groups -OCH3 is 1. The molecule has 0 bridgehead atoms. The van der Waals surface area contributed by atoms with Gasteiger partial charge in [0.05, 0.1) is 12.0 Å². The number of hydrogen-bond donors (Lipinski definition) is 1. The van der Waals surface area contributed by atoms with Gasteiger partial charge in [-0.05, 0) is 62.5 Å². The molecule has 0 spiro atoms. The van der Waals surface area contributed by atoms with E-state index in [1.807, 2.05) is 6.92 Å². The average Bonchev–Trinajstić information content (AvgIpc) is 2.52. The fourth-order valence-electron chi connectivity index (χ4n) is 2.88. The number of hydrogen-bond acceptors (Lipinski definition) is 4. The SMILES string of the molecule is CCNCC1CCN(S(=O)(=O)c2ccc(OC)cc2C)CC1. The van der Waals surface area contributed by atoms with Gasteiger partial charge < -0.3 is 10.1 Å². The summed E-state index contributed by atoms with van der Waals surface area (Å²) in [5, 5.41) is 3.34. The molecule has 124 valence electrons. The second-order valence-electron chi connectivity index (χ2n) is 5.79. The summed E-state index contributed by atoms with van der Waals surface area (Å²) in [6, 6.07) is 5.12. The molecule has 1 aliphatic heterocycles. The lowest BCUT2D eigenvalue weighted by Gasteiger charge is -2.31. The monoisotopic (exact) mass is 326 g/mol. The van der Waals surface area contributed by atoms with Gasteiger partial charge in [-0.25, -0.2) is 8.42 Å². The minimum atomic E-state index is -3.40. The fourth-order valence-corrected chi connectivity index (χ4v) is 4.56. The maximum absolute atomic E-state index is 12.8. The van der Waals surface area contributed by atoms with Crippen LogP contribution in [0.3, 0.4) is 0 Å². The third kappa shape index (κ3) is 3.80. The van der Waals surface area contributed by atoms with Crippen molar-refractivity contribution in [3.63, 3.8) is 0 Å². The Labute approximate surface area is 133 Å². The van der Waals surface area contributed by atoms with Crippen molar-refractivity contribution in [1.29, 1.82) is 0 Å². The normalized spacial score (nSPS) is 17.6. The van der Waals surface area contributed by atoms with Crippen LogP contribution in [0.1, 0.15) is 25.3 Å². The number of piperidine rings is 1. The number of nitrogens with one attached hydrogen (secondary N) is 1. The van der Waals surface area contributed by atoms with Crippen LogP contribution in [0.4, 0.5) is 0 Å². The van der Waals surface area contributed by atoms with Crippen LogP contribution in [-0.4, -0.2) is 46.0 Å². The van der Waals surface area contributed by atoms with Gasteiger partial charge in [-0.2, -0.15) is 4.31 Å². The molecule has 0 aromatic heterocycles. The first-order valence-electron chi connectivity index (χ1n) is 7.84. The molecule has 1 fully saturated rings. The van der Waals surface area contributed by atoms with E-state index in [0.717, 1.165) is 31.5 Å². The van der Waals surface area contributed by atoms with Crippen molar-refractivity contribution in [2.75, 3.05) is 33.3 Å². The summed E-state index contributed by atoms with van der Waals surface area (Å²) in [6.45, 7) is 7.04. The fraction of sp³-hybridized carbons (Fsp3) is 0.625. The second-order valence-corrected chi connectivity index (χ2v) is 7.69. The topological polar surface area (TPSA) is 58.6 Å². The van der Waals surface area contributed by atoms with E-state index in [0.29, 0.717) is 29.7 Å². The van der Waals surface area contributed by atoms with Crippen LogP contribution in [0.25, 0.3) is 0 Å². The first-order valence-corrected chi connectivity index (χ1v) is 9.28. The van der Waals surface area contributed by atoms with E-state index in [2.05, 4.69) is 12.2 Å². The summed E-state index contributed by atoms with van der Waals surface area (Å²) in [6.07, 6.45) is 1.84. The first kappa shape index (κ1) is 17.2. The van der Waals surface area contributed by atoms with Crippen LogP contribution in [0.5, 0.6) is 5.75 Å². The van der Waals surface area contributed by atoms with Gasteiger partial charge in [-0.3, -0.25) is 0 Å². The lowest BCUT2D eigenvalue weighted by Crippen LogP contribution is -2.40. The Balaban J connectivity index is 2.08. The smallest absolute Gasteiger partial charge is 0.243 e. The van der Waals surface area contributed by atoms with Crippen LogP contribution in [0.15, 0.2) is 23.1 Å². The number of aryl methyl sites for hydroxylation is 1. The Hall–Kier alpha value is -1.11. The van der Waals surface area contributed by atoms with E-state index in [4.69, 9.17) is 4.74 Å². The molecule has 0 radical (unpaired) electrons. The third-order valence-electron chi connectivity index (χ3n) is 4.26. The van der Waals surface area contributed by atoms with Crippen molar-refractivity contribution in [2.24, 2.45) is 5.92 Å². The van der Waals surface area contributed by atoms with Crippen molar-refractivity contribution >= 4 is 10.0 Å². The zero-order chi connectivity index (χ0) is 16.2. The third-order valence-corrected chi connectivity index (χ3v) is 6.32. The molecule has 5 nitrogen and oxygen atoms in total. The van der Waals surface area contributed by atoms with E-state index in [1.54, 1.807) is 29.6 Å². The molecule has 0 atom stereocenters. The van der Waals surface area contributed by atoms with E-state index < -0.39 is 10.0 Å². The molecule has 1 N–H and O–H groups in total. The van der Waals surface area contributed by atoms with Crippen LogP contribution < -0.4 is 10.1 Å². The van der Waals surface area contributed by atoms with Crippen molar-refractivity contribution in [2.45, 2.75) is 31.6 Å². The highest BCUT2D eigenvalue weighted by molar-refractivity contribution is 7.89. The van der Waals surface area contributed by atoms with Gasteiger partial charge >= 0.3 is 0 Å². The van der Waals surface area contributed by atoms with Crippen molar-refractivity contribution in [3.8, 4) is 5.75 Å². The predicted octanol–water partition coefficient (Wildman–Crippen LogP) is 2.01. The minimum absolute atomic E-state index is 0.387. The summed E-state index contributed by atoms with van der Waals surface area (Å²) in [7, 11) is -1.82. The van der Waals surface area contributed by atoms with Crippen LogP contribution in [0, 0.1) is 12.8 Å². The summed E-state index contributed by atoms with van der Waals surface area (Å²) >= 11 is 0. The van der Waals surface area contributed by atoms with Crippen LogP contribution in [0.2, 0.25) is 0 Å². The molecular formula is C16H26N2O3S. The molecule has 0 saturated carbocycles. The quantitative estimate of drug-likeness (QED) is 0.869. The molecule has 1 aromatic rings. The van der Waals surface area contributed by atoms with Crippen LogP contribution in [-0.2, 0) is 10.0 Å². The van der Waals surface area contributed by atoms with E-state index >= 15 is 0 Å². The highest BCUT2D eigenvalue weighted by Gasteiger charge is 2.30. The zero-order valence-electron chi connectivity index (χ0n) is 13.6. The van der Waals surface area contributed by atoms with Crippen molar-refractivity contribution < 1.29 is 13.2 Å². The number of sulfonamides is 1. The standard InChI is InChI=1S/C16H26N2O3S/c1-4-17-12-14-7-9-18(10-8-14)22(19,20)16-6-5-15(21-3)11-13(16)2/h5-6,11,14,17H,4,7-10,12H2,1-3H3. The summed E-state index contributed by atoms with van der Waals surface area (Å²) in [5.41, 5.74) is 0.731. The summed E-state index contributed by atoms with van der Waals surface area (Å²) in [4.78, 5) is 0.387. The lowest BCUT2D eigenvalue weighted by molar-refractivity contribution is 0.268. The molecule has 1 heterocycles. The molecular weight excluding hydrogens is 300 g/mol. The lowest BCUT2D eigenvalue weighted by atomic mass is 9.98. The number of benzene rings is 1. The molecule has 2 rings (SSSR count). The van der Waals surface area contributed by atoms with E-state index in [-0.39, 0.29) is 0 Å². The van der Waals surface area contributed by atoms with E-state index in [9.17, 15) is 8.42 Å². The number of ether oxygens (including phenoxy) is 1. The first-order chi connectivity index (χ1) is 10.5. The van der Waals surface area contributed by atoms with Gasteiger partial charge in [0.2, 0.25) is 10.0 Å². The summed E-state index contributed by atoms with van der Waals surface area (Å²) < 4.78 is 32.4. The number of rotatable bonds is 6. The van der Waals surface area contributed by atoms with Gasteiger partial charge in [-0.15, -0.1) is 0 Å². The second kappa shape index (κ2) is 7.44.